The van der Waals surface area contributed by atoms with Gasteiger partial charge in [-0.2, -0.15) is 0 Å². The van der Waals surface area contributed by atoms with E-state index in [1.54, 1.807) is 0 Å². The molecule has 104 valence electrons. The van der Waals surface area contributed by atoms with Gasteiger partial charge in [0, 0.05) is 26.6 Å². The van der Waals surface area contributed by atoms with E-state index in [0.717, 1.165) is 19.3 Å². The molecule has 1 aliphatic heterocycles. The van der Waals surface area contributed by atoms with Crippen molar-refractivity contribution in [3.8, 4) is 0 Å². The van der Waals surface area contributed by atoms with Crippen molar-refractivity contribution < 1.29 is 19.4 Å². The first-order chi connectivity index (χ1) is 8.60. The van der Waals surface area contributed by atoms with E-state index in [1.165, 1.54) is 12.0 Å². The lowest BCUT2D eigenvalue weighted by molar-refractivity contribution is -0.141. The molecule has 2 amide bonds. The highest BCUT2D eigenvalue weighted by atomic mass is 16.5. The van der Waals surface area contributed by atoms with Crippen LogP contribution in [0.15, 0.2) is 0 Å². The lowest BCUT2D eigenvalue weighted by atomic mass is 10.2. The number of methoxy groups -OCH3 is 1. The van der Waals surface area contributed by atoms with Gasteiger partial charge in [-0.1, -0.05) is 19.8 Å². The normalized spacial score (nSPS) is 23.1. The second kappa shape index (κ2) is 7.20. The molecule has 1 heterocycles. The van der Waals surface area contributed by atoms with Gasteiger partial charge in [0.25, 0.3) is 0 Å². The fourth-order valence-electron chi connectivity index (χ4n) is 2.10. The smallest absolute Gasteiger partial charge is 0.326 e. The fourth-order valence-corrected chi connectivity index (χ4v) is 2.10. The highest BCUT2D eigenvalue weighted by Crippen LogP contribution is 2.20. The number of nitrogens with one attached hydrogen (secondary N) is 1. The predicted molar refractivity (Wildman–Crippen MR) is 66.5 cm³/mol. The molecule has 1 rings (SSSR count). The summed E-state index contributed by atoms with van der Waals surface area (Å²) in [6, 6.07) is -1.08. The number of aliphatic carboxylic acids is 1. The number of nitrogens with zero attached hydrogens (tertiary/aromatic N) is 1. The summed E-state index contributed by atoms with van der Waals surface area (Å²) in [6.45, 7) is 3.02. The molecule has 18 heavy (non-hydrogen) atoms. The minimum Gasteiger partial charge on any atom is -0.480 e. The summed E-state index contributed by atoms with van der Waals surface area (Å²) >= 11 is 0. The molecule has 0 aromatic heterocycles. The van der Waals surface area contributed by atoms with Crippen LogP contribution in [0.1, 0.15) is 32.6 Å². The molecule has 1 saturated heterocycles. The Balaban J connectivity index is 2.46. The lowest BCUT2D eigenvalue weighted by Crippen LogP contribution is -2.46. The van der Waals surface area contributed by atoms with Crippen molar-refractivity contribution in [2.24, 2.45) is 0 Å². The van der Waals surface area contributed by atoms with E-state index >= 15 is 0 Å². The van der Waals surface area contributed by atoms with Crippen molar-refractivity contribution in [1.82, 2.24) is 10.2 Å². The van der Waals surface area contributed by atoms with Crippen LogP contribution < -0.4 is 5.32 Å². The summed E-state index contributed by atoms with van der Waals surface area (Å²) in [5, 5.41) is 11.8. The maximum Gasteiger partial charge on any atom is 0.326 e. The van der Waals surface area contributed by atoms with Crippen molar-refractivity contribution in [3.63, 3.8) is 0 Å². The van der Waals surface area contributed by atoms with E-state index < -0.39 is 12.0 Å². The lowest BCUT2D eigenvalue weighted by Gasteiger charge is -2.21. The molecule has 1 fully saturated rings. The van der Waals surface area contributed by atoms with Crippen LogP contribution in [0.4, 0.5) is 4.79 Å². The third kappa shape index (κ3) is 3.87. The summed E-state index contributed by atoms with van der Waals surface area (Å²) in [4.78, 5) is 24.3. The predicted octanol–water partition coefficient (Wildman–Crippen LogP) is 1.06. The van der Waals surface area contributed by atoms with E-state index in [-0.39, 0.29) is 12.1 Å². The minimum atomic E-state index is -0.974. The average molecular weight is 258 g/mol. The number of carboxylic acids is 1. The zero-order chi connectivity index (χ0) is 13.5. The Labute approximate surface area is 107 Å². The summed E-state index contributed by atoms with van der Waals surface area (Å²) < 4.78 is 5.13. The number of hydrogen-bond donors (Lipinski definition) is 2. The Morgan fingerprint density at radius 2 is 2.17 bits per heavy atom. The fraction of sp³-hybridized carbons (Fsp3) is 0.833. The number of unbranched alkanes of at least 4 members (excludes halogenated alkanes) is 2. The van der Waals surface area contributed by atoms with E-state index in [0.29, 0.717) is 19.5 Å². The van der Waals surface area contributed by atoms with Crippen LogP contribution in [0.5, 0.6) is 0 Å². The van der Waals surface area contributed by atoms with Gasteiger partial charge in [0.1, 0.15) is 6.04 Å². The first-order valence-electron chi connectivity index (χ1n) is 6.40. The molecule has 2 atom stereocenters. The molecule has 2 unspecified atom stereocenters. The second-order valence-corrected chi connectivity index (χ2v) is 4.54. The quantitative estimate of drug-likeness (QED) is 0.698. The van der Waals surface area contributed by atoms with Gasteiger partial charge < -0.3 is 20.1 Å². The summed E-state index contributed by atoms with van der Waals surface area (Å²) in [6.07, 6.45) is 3.23. The number of urea groups is 1. The summed E-state index contributed by atoms with van der Waals surface area (Å²) in [7, 11) is 1.53. The number of amides is 2. The number of hydrogen-bond acceptors (Lipinski definition) is 3. The van der Waals surface area contributed by atoms with Crippen LogP contribution in [0, 0.1) is 0 Å². The van der Waals surface area contributed by atoms with Crippen LogP contribution in [0.2, 0.25) is 0 Å². The van der Waals surface area contributed by atoms with Crippen LogP contribution in [0.25, 0.3) is 0 Å². The van der Waals surface area contributed by atoms with Gasteiger partial charge in [0.05, 0.1) is 6.10 Å². The molecule has 2 N–H and O–H groups in total. The first kappa shape index (κ1) is 14.8. The largest absolute Gasteiger partial charge is 0.480 e. The summed E-state index contributed by atoms with van der Waals surface area (Å²) in [5.41, 5.74) is 0. The molecule has 0 saturated carbocycles. The van der Waals surface area contributed by atoms with Crippen molar-refractivity contribution in [1.29, 1.82) is 0 Å². The Bertz CT molecular complexity index is 296. The van der Waals surface area contributed by atoms with Gasteiger partial charge in [0.2, 0.25) is 0 Å². The van der Waals surface area contributed by atoms with E-state index in [1.807, 2.05) is 0 Å². The van der Waals surface area contributed by atoms with Crippen molar-refractivity contribution in [2.75, 3.05) is 20.2 Å². The molecule has 0 bridgehead atoms. The Morgan fingerprint density at radius 3 is 2.72 bits per heavy atom. The third-order valence-electron chi connectivity index (χ3n) is 3.20. The highest BCUT2D eigenvalue weighted by molar-refractivity contribution is 5.83. The van der Waals surface area contributed by atoms with E-state index in [2.05, 4.69) is 12.2 Å². The first-order valence-corrected chi connectivity index (χ1v) is 6.40. The van der Waals surface area contributed by atoms with Gasteiger partial charge >= 0.3 is 12.0 Å². The van der Waals surface area contributed by atoms with Gasteiger partial charge in [-0.25, -0.2) is 9.59 Å². The van der Waals surface area contributed by atoms with E-state index in [9.17, 15) is 9.59 Å². The maximum absolute atomic E-state index is 11.9. The second-order valence-electron chi connectivity index (χ2n) is 4.54. The van der Waals surface area contributed by atoms with Gasteiger partial charge in [-0.05, 0) is 6.42 Å². The molecule has 0 aliphatic carbocycles. The molecule has 1 aliphatic rings. The maximum atomic E-state index is 11.9. The van der Waals surface area contributed by atoms with Crippen LogP contribution in [0.3, 0.4) is 0 Å². The SMILES string of the molecule is CCCCCNC(=O)N1CC(OC)CC1C(=O)O. The molecule has 6 nitrogen and oxygen atoms in total. The molecule has 0 aromatic carbocycles. The molecular weight excluding hydrogens is 236 g/mol. The molecule has 6 heteroatoms. The zero-order valence-corrected chi connectivity index (χ0v) is 11.0. The van der Waals surface area contributed by atoms with E-state index in [4.69, 9.17) is 9.84 Å². The molecule has 0 spiro atoms. The zero-order valence-electron chi connectivity index (χ0n) is 11.0. The summed E-state index contributed by atoms with van der Waals surface area (Å²) in [5.74, 6) is -0.974. The third-order valence-corrected chi connectivity index (χ3v) is 3.20. The van der Waals surface area contributed by atoms with Crippen molar-refractivity contribution >= 4 is 12.0 Å². The number of carbonyl (C=O) groups excluding carboxylic acids is 1. The number of carbonyl (C=O) groups is 2. The molecule has 0 aromatic rings. The molecular formula is C12H22N2O4. The van der Waals surface area contributed by atoms with Gasteiger partial charge in [-0.15, -0.1) is 0 Å². The van der Waals surface area contributed by atoms with Crippen molar-refractivity contribution in [3.05, 3.63) is 0 Å². The van der Waals surface area contributed by atoms with Crippen LogP contribution in [-0.4, -0.2) is 54.4 Å². The number of carboxylic acid groups (broad SMARTS) is 1. The molecule has 0 radical (unpaired) electrons. The van der Waals surface area contributed by atoms with Crippen LogP contribution >= 0.6 is 0 Å². The van der Waals surface area contributed by atoms with Crippen LogP contribution in [-0.2, 0) is 9.53 Å². The standard InChI is InChI=1S/C12H22N2O4/c1-3-4-5-6-13-12(17)14-8-9(18-2)7-10(14)11(15)16/h9-10H,3-8H2,1-2H3,(H,13,17)(H,15,16). The van der Waals surface area contributed by atoms with Crippen molar-refractivity contribution in [2.45, 2.75) is 44.8 Å². The number of rotatable bonds is 6. The van der Waals surface area contributed by atoms with Gasteiger partial charge in [0.15, 0.2) is 0 Å². The number of likely N-dealkylation sites (tertiary alicyclic amines) is 1. The topological polar surface area (TPSA) is 78.9 Å². The monoisotopic (exact) mass is 258 g/mol. The Kier molecular flexibility index (Phi) is 5.91. The Hall–Kier alpha value is -1.30. The average Bonchev–Trinajstić information content (AvgIpc) is 2.78. The number of ether oxygens (including phenoxy) is 1. The minimum absolute atomic E-state index is 0.188. The Morgan fingerprint density at radius 1 is 1.44 bits per heavy atom. The highest BCUT2D eigenvalue weighted by Gasteiger charge is 2.39. The van der Waals surface area contributed by atoms with Gasteiger partial charge in [-0.3, -0.25) is 0 Å².